The third-order valence-corrected chi connectivity index (χ3v) is 8.80. The molecule has 0 amide bonds. The third-order valence-electron chi connectivity index (χ3n) is 7.66. The van der Waals surface area contributed by atoms with Gasteiger partial charge in [-0.3, -0.25) is 9.36 Å². The van der Waals surface area contributed by atoms with E-state index in [9.17, 15) is 13.2 Å². The summed E-state index contributed by atoms with van der Waals surface area (Å²) < 4.78 is 39.9. The van der Waals surface area contributed by atoms with E-state index in [0.717, 1.165) is 49.3 Å². The molecule has 210 valence electrons. The Morgan fingerprint density at radius 2 is 1.85 bits per heavy atom. The number of aryl methyl sites for hydroxylation is 3. The average molecular weight is 563 g/mol. The lowest BCUT2D eigenvalue weighted by Gasteiger charge is -2.25. The predicted molar refractivity (Wildman–Crippen MR) is 153 cm³/mol. The van der Waals surface area contributed by atoms with Crippen molar-refractivity contribution in [1.29, 1.82) is 0 Å². The number of furan rings is 1. The lowest BCUT2D eigenvalue weighted by atomic mass is 10.1. The Labute approximate surface area is 233 Å². The molecule has 2 aliphatic rings. The lowest BCUT2D eigenvalue weighted by molar-refractivity contribution is -0.119. The maximum absolute atomic E-state index is 13.0. The summed E-state index contributed by atoms with van der Waals surface area (Å²) in [6.07, 6.45) is 6.01. The minimum atomic E-state index is -3.62. The van der Waals surface area contributed by atoms with E-state index in [2.05, 4.69) is 5.32 Å². The van der Waals surface area contributed by atoms with E-state index in [0.29, 0.717) is 46.2 Å². The van der Waals surface area contributed by atoms with Crippen molar-refractivity contribution in [2.75, 3.05) is 18.2 Å². The molecular weight excluding hydrogens is 528 g/mol. The molecule has 1 N–H and O–H groups in total. The summed E-state index contributed by atoms with van der Waals surface area (Å²) in [5, 5.41) is 3.34. The zero-order valence-electron chi connectivity index (χ0n) is 23.3. The highest BCUT2D eigenvalue weighted by molar-refractivity contribution is 7.90. The fourth-order valence-electron chi connectivity index (χ4n) is 5.56. The number of carbonyl (C=O) groups excluding carboxylic acids is 1. The van der Waals surface area contributed by atoms with E-state index in [-0.39, 0.29) is 29.2 Å². The summed E-state index contributed by atoms with van der Waals surface area (Å²) in [4.78, 5) is 22.6. The Balaban J connectivity index is 1.47. The minimum absolute atomic E-state index is 0.111. The number of Topliss-reactive ketones (excluding diaryl/α,β-unsaturated/α-hetero) is 1. The van der Waals surface area contributed by atoms with Crippen LogP contribution < -0.4 is 5.32 Å². The number of ketones is 1. The highest BCUT2D eigenvalue weighted by atomic mass is 32.2. The largest absolute Gasteiger partial charge is 0.461 e. The van der Waals surface area contributed by atoms with Gasteiger partial charge in [0.1, 0.15) is 34.9 Å². The molecule has 6 rings (SSSR count). The van der Waals surface area contributed by atoms with Crippen LogP contribution in [0, 0.1) is 26.7 Å². The van der Waals surface area contributed by atoms with Gasteiger partial charge in [-0.1, -0.05) is 0 Å². The molecule has 0 radical (unpaired) electrons. The molecule has 1 atom stereocenters. The number of imidazole rings is 1. The fourth-order valence-corrected chi connectivity index (χ4v) is 6.42. The van der Waals surface area contributed by atoms with Gasteiger partial charge in [0.2, 0.25) is 0 Å². The maximum atomic E-state index is 13.0. The molecule has 10 heteroatoms. The summed E-state index contributed by atoms with van der Waals surface area (Å²) in [5.74, 6) is 2.45. The molecule has 1 aromatic carbocycles. The number of hydrogen-bond acceptors (Lipinski definition) is 8. The van der Waals surface area contributed by atoms with Gasteiger partial charge in [-0.15, -0.1) is 0 Å². The Hall–Kier alpha value is -3.50. The number of nitrogens with zero attached hydrogens (tertiary/aromatic N) is 3. The van der Waals surface area contributed by atoms with E-state index >= 15 is 0 Å². The van der Waals surface area contributed by atoms with Gasteiger partial charge in [0.25, 0.3) is 0 Å². The van der Waals surface area contributed by atoms with Crippen LogP contribution in [0.3, 0.4) is 0 Å². The van der Waals surface area contributed by atoms with Gasteiger partial charge >= 0.3 is 0 Å². The summed E-state index contributed by atoms with van der Waals surface area (Å²) >= 11 is 0. The summed E-state index contributed by atoms with van der Waals surface area (Å²) in [6, 6.07) is 8.98. The Bertz CT molecular complexity index is 1730. The third kappa shape index (κ3) is 5.17. The molecule has 0 bridgehead atoms. The van der Waals surface area contributed by atoms with Gasteiger partial charge in [0, 0.05) is 30.8 Å². The number of rotatable bonds is 8. The number of ether oxygens (including phenoxy) is 1. The van der Waals surface area contributed by atoms with Crippen LogP contribution in [0.1, 0.15) is 61.2 Å². The average Bonchev–Trinajstić information content (AvgIpc) is 3.63. The molecule has 4 heterocycles. The summed E-state index contributed by atoms with van der Waals surface area (Å²) in [7, 11) is -3.62. The topological polar surface area (TPSA) is 116 Å². The molecule has 2 fully saturated rings. The van der Waals surface area contributed by atoms with Gasteiger partial charge < -0.3 is 14.5 Å². The molecule has 1 unspecified atom stereocenters. The zero-order valence-corrected chi connectivity index (χ0v) is 24.1. The van der Waals surface area contributed by atoms with Gasteiger partial charge in [-0.25, -0.2) is 18.4 Å². The fraction of sp³-hybridized carbons (Fsp3) is 0.433. The van der Waals surface area contributed by atoms with Crippen LogP contribution >= 0.6 is 0 Å². The molecule has 1 saturated carbocycles. The Morgan fingerprint density at radius 3 is 2.50 bits per heavy atom. The van der Waals surface area contributed by atoms with Crippen LogP contribution in [0.25, 0.3) is 22.5 Å². The minimum Gasteiger partial charge on any atom is -0.461 e. The smallest absolute Gasteiger partial charge is 0.177 e. The molecule has 40 heavy (non-hydrogen) atoms. The van der Waals surface area contributed by atoms with Crippen LogP contribution in [-0.4, -0.2) is 41.6 Å². The van der Waals surface area contributed by atoms with Crippen molar-refractivity contribution in [3.63, 3.8) is 0 Å². The molecule has 1 aliphatic heterocycles. The highest BCUT2D eigenvalue weighted by Crippen LogP contribution is 2.37. The first-order valence-electron chi connectivity index (χ1n) is 13.8. The Morgan fingerprint density at radius 1 is 1.05 bits per heavy atom. The van der Waals surface area contributed by atoms with Crippen LogP contribution in [0.2, 0.25) is 0 Å². The number of carbonyl (C=O) groups is 1. The van der Waals surface area contributed by atoms with Crippen molar-refractivity contribution in [2.45, 2.75) is 70.4 Å². The van der Waals surface area contributed by atoms with Crippen molar-refractivity contribution in [3.8, 4) is 11.3 Å². The number of nitrogens with one attached hydrogen (secondary N) is 1. The van der Waals surface area contributed by atoms with Gasteiger partial charge in [-0.2, -0.15) is 0 Å². The molecule has 4 aromatic rings. The summed E-state index contributed by atoms with van der Waals surface area (Å²) in [5.41, 5.74) is 4.50. The zero-order chi connectivity index (χ0) is 28.2. The highest BCUT2D eigenvalue weighted by Gasteiger charge is 2.30. The first-order chi connectivity index (χ1) is 19.1. The van der Waals surface area contributed by atoms with Crippen molar-refractivity contribution in [2.24, 2.45) is 5.92 Å². The number of pyridine rings is 1. The number of anilines is 2. The van der Waals surface area contributed by atoms with E-state index in [1.165, 1.54) is 6.26 Å². The van der Waals surface area contributed by atoms with Gasteiger partial charge in [-0.05, 0) is 88.8 Å². The number of benzene rings is 1. The van der Waals surface area contributed by atoms with Crippen molar-refractivity contribution in [1.82, 2.24) is 14.5 Å². The van der Waals surface area contributed by atoms with Crippen LogP contribution in [0.4, 0.5) is 11.4 Å². The molecule has 1 saturated heterocycles. The number of aromatic nitrogens is 3. The first kappa shape index (κ1) is 26.7. The normalized spacial score (nSPS) is 17.9. The van der Waals surface area contributed by atoms with Gasteiger partial charge in [0.05, 0.1) is 22.0 Å². The second-order valence-corrected chi connectivity index (χ2v) is 13.1. The van der Waals surface area contributed by atoms with E-state index < -0.39 is 9.84 Å². The van der Waals surface area contributed by atoms with E-state index in [1.54, 1.807) is 12.1 Å². The Kier molecular flexibility index (Phi) is 6.78. The monoisotopic (exact) mass is 562 g/mol. The number of hydrogen-bond donors (Lipinski definition) is 1. The van der Waals surface area contributed by atoms with Crippen LogP contribution in [0.5, 0.6) is 0 Å². The van der Waals surface area contributed by atoms with E-state index in [4.69, 9.17) is 19.1 Å². The van der Waals surface area contributed by atoms with Crippen molar-refractivity contribution >= 4 is 38.2 Å². The lowest BCUT2D eigenvalue weighted by Crippen LogP contribution is -2.19. The molecule has 1 aliphatic carbocycles. The molecule has 0 spiro atoms. The van der Waals surface area contributed by atoms with Crippen molar-refractivity contribution < 1.29 is 22.4 Å². The molecular formula is C30H34N4O5S. The van der Waals surface area contributed by atoms with Gasteiger partial charge in [0.15, 0.2) is 15.5 Å². The quantitative estimate of drug-likeness (QED) is 0.279. The summed E-state index contributed by atoms with van der Waals surface area (Å²) in [6.45, 7) is 6.39. The van der Waals surface area contributed by atoms with Crippen molar-refractivity contribution in [3.05, 3.63) is 53.2 Å². The number of sulfone groups is 1. The second-order valence-electron chi connectivity index (χ2n) is 11.1. The first-order valence-corrected chi connectivity index (χ1v) is 15.7. The molecule has 3 aromatic heterocycles. The predicted octanol–water partition coefficient (Wildman–Crippen LogP) is 5.98. The SMILES string of the molecule is Cc1cc(C)c(-c2ccc(Nc3cc(CC(=O)C4CC4)nc4c3nc(C)n4C3CCCCO3)c(S(C)(=O)=O)c2)o1. The van der Waals surface area contributed by atoms with Crippen LogP contribution in [0.15, 0.2) is 39.6 Å². The molecule has 9 nitrogen and oxygen atoms in total. The van der Waals surface area contributed by atoms with E-state index in [1.807, 2.05) is 43.5 Å². The standard InChI is InChI=1S/C30H34N4O5S/c1-17-13-18(2)39-29(17)21-10-11-23(26(14-21)40(4,36)37)33-24-15-22(16-25(35)20-8-9-20)32-30-28(24)31-19(3)34(30)27-7-5-6-12-38-27/h10-11,13-15,20,27H,5-9,12,16H2,1-4H3,(H,32,33). The second kappa shape index (κ2) is 10.2. The van der Waals surface area contributed by atoms with Crippen LogP contribution in [-0.2, 0) is 25.8 Å². The maximum Gasteiger partial charge on any atom is 0.177 e. The number of fused-ring (bicyclic) bond motifs is 1.